The van der Waals surface area contributed by atoms with Crippen molar-refractivity contribution in [2.75, 3.05) is 13.1 Å². The average molecular weight is 314 g/mol. The van der Waals surface area contributed by atoms with Crippen molar-refractivity contribution >= 4 is 11.7 Å². The number of nitrogens with zero attached hydrogens (tertiary/aromatic N) is 4. The average Bonchev–Trinajstić information content (AvgIpc) is 3.07. The number of aromatic nitrogens is 2. The van der Waals surface area contributed by atoms with E-state index < -0.39 is 11.0 Å². The van der Waals surface area contributed by atoms with Gasteiger partial charge in [-0.15, -0.1) is 0 Å². The minimum atomic E-state index is -0.615. The van der Waals surface area contributed by atoms with Gasteiger partial charge in [-0.2, -0.15) is 0 Å². The third kappa shape index (κ3) is 3.23. The summed E-state index contributed by atoms with van der Waals surface area (Å²) in [5.74, 6) is -0.291. The van der Waals surface area contributed by atoms with E-state index in [0.29, 0.717) is 0 Å². The predicted molar refractivity (Wildman–Crippen MR) is 83.9 cm³/mol. The summed E-state index contributed by atoms with van der Waals surface area (Å²) in [5.41, 5.74) is 0.801. The first-order chi connectivity index (χ1) is 11.2. The van der Waals surface area contributed by atoms with Crippen LogP contribution in [-0.2, 0) is 4.79 Å². The van der Waals surface area contributed by atoms with E-state index in [2.05, 4.69) is 4.98 Å². The summed E-state index contributed by atoms with van der Waals surface area (Å²) in [6, 6.07) is 8.70. The third-order valence-corrected chi connectivity index (χ3v) is 4.09. The molecule has 2 heterocycles. The molecule has 0 radical (unpaired) electrons. The van der Waals surface area contributed by atoms with E-state index in [4.69, 9.17) is 0 Å². The number of likely N-dealkylation sites (tertiary alicyclic amines) is 1. The van der Waals surface area contributed by atoms with Gasteiger partial charge in [0, 0.05) is 13.1 Å². The van der Waals surface area contributed by atoms with Gasteiger partial charge in [0.15, 0.2) is 0 Å². The first-order valence-corrected chi connectivity index (χ1v) is 7.68. The largest absolute Gasteiger partial charge is 0.381 e. The maximum atomic E-state index is 13.0. The molecule has 2 aromatic rings. The number of piperidine rings is 1. The zero-order valence-electron chi connectivity index (χ0n) is 12.7. The number of imidazole rings is 1. The molecule has 0 bridgehead atoms. The Morgan fingerprint density at radius 3 is 2.48 bits per heavy atom. The summed E-state index contributed by atoms with van der Waals surface area (Å²) in [7, 11) is 0. The van der Waals surface area contributed by atoms with E-state index in [1.54, 1.807) is 0 Å². The van der Waals surface area contributed by atoms with Crippen molar-refractivity contribution in [1.29, 1.82) is 0 Å². The number of carbonyl (C=O) groups is 1. The minimum Gasteiger partial charge on any atom is -0.358 e. The lowest BCUT2D eigenvalue weighted by Crippen LogP contribution is -2.40. The van der Waals surface area contributed by atoms with Crippen LogP contribution in [0.2, 0.25) is 0 Å². The Hall–Kier alpha value is -2.70. The molecule has 0 unspecified atom stereocenters. The highest BCUT2D eigenvalue weighted by atomic mass is 16.6. The zero-order valence-corrected chi connectivity index (χ0v) is 12.7. The van der Waals surface area contributed by atoms with Crippen molar-refractivity contribution in [3.63, 3.8) is 0 Å². The minimum absolute atomic E-state index is 0.0387. The molecule has 1 atom stereocenters. The smallest absolute Gasteiger partial charge is 0.358 e. The molecule has 120 valence electrons. The van der Waals surface area contributed by atoms with Crippen LogP contribution in [0.15, 0.2) is 42.9 Å². The molecule has 0 N–H and O–H groups in total. The molecule has 0 saturated carbocycles. The molecule has 1 saturated heterocycles. The number of nitro groups is 1. The summed E-state index contributed by atoms with van der Waals surface area (Å²) < 4.78 is 1.53. The van der Waals surface area contributed by atoms with E-state index in [1.807, 2.05) is 35.2 Å². The Balaban J connectivity index is 1.96. The molecule has 1 aliphatic rings. The fourth-order valence-corrected chi connectivity index (χ4v) is 2.93. The van der Waals surface area contributed by atoms with Crippen LogP contribution >= 0.6 is 0 Å². The van der Waals surface area contributed by atoms with Crippen LogP contribution in [0.3, 0.4) is 0 Å². The van der Waals surface area contributed by atoms with Crippen molar-refractivity contribution in [3.8, 4) is 0 Å². The lowest BCUT2D eigenvalue weighted by atomic mass is 10.0. The summed E-state index contributed by atoms with van der Waals surface area (Å²) in [6.45, 7) is 1.47. The van der Waals surface area contributed by atoms with Gasteiger partial charge < -0.3 is 15.0 Å². The normalized spacial score (nSPS) is 16.1. The summed E-state index contributed by atoms with van der Waals surface area (Å²) in [5, 5.41) is 10.9. The standard InChI is InChI=1S/C16H18N4O3/c21-16(18-9-5-2-6-10-18)15(13-7-3-1-4-8-13)19-11-14(17-12-19)20(22)23/h1,3-4,7-8,11-12,15H,2,5-6,9-10H2/t15-/m0/s1. The Morgan fingerprint density at radius 1 is 1.17 bits per heavy atom. The molecular formula is C16H18N4O3. The number of benzene rings is 1. The third-order valence-electron chi connectivity index (χ3n) is 4.09. The van der Waals surface area contributed by atoms with Gasteiger partial charge in [-0.1, -0.05) is 30.3 Å². The first-order valence-electron chi connectivity index (χ1n) is 7.68. The second-order valence-corrected chi connectivity index (χ2v) is 5.64. The highest BCUT2D eigenvalue weighted by Crippen LogP contribution is 2.24. The summed E-state index contributed by atoms with van der Waals surface area (Å²) >= 11 is 0. The number of rotatable bonds is 4. The zero-order chi connectivity index (χ0) is 16.2. The maximum absolute atomic E-state index is 13.0. The van der Waals surface area contributed by atoms with Gasteiger partial charge in [-0.05, 0) is 34.7 Å². The number of amides is 1. The van der Waals surface area contributed by atoms with Crippen LogP contribution in [0.25, 0.3) is 0 Å². The molecular weight excluding hydrogens is 296 g/mol. The molecule has 0 spiro atoms. The molecule has 1 aromatic heterocycles. The summed E-state index contributed by atoms with van der Waals surface area (Å²) in [6.07, 6.45) is 5.81. The SMILES string of the molecule is O=C([C@H](c1ccccc1)n1cnc([N+](=O)[O-])c1)N1CCCCC1. The van der Waals surface area contributed by atoms with Gasteiger partial charge >= 0.3 is 5.82 Å². The lowest BCUT2D eigenvalue weighted by Gasteiger charge is -2.30. The number of carbonyl (C=O) groups excluding carboxylic acids is 1. The maximum Gasteiger partial charge on any atom is 0.381 e. The van der Waals surface area contributed by atoms with Crippen LogP contribution < -0.4 is 0 Å². The highest BCUT2D eigenvalue weighted by Gasteiger charge is 2.30. The van der Waals surface area contributed by atoms with Gasteiger partial charge in [-0.25, -0.2) is 0 Å². The Morgan fingerprint density at radius 2 is 1.87 bits per heavy atom. The lowest BCUT2D eigenvalue weighted by molar-refractivity contribution is -0.389. The van der Waals surface area contributed by atoms with Crippen LogP contribution in [0, 0.1) is 10.1 Å². The second-order valence-electron chi connectivity index (χ2n) is 5.64. The van der Waals surface area contributed by atoms with E-state index in [9.17, 15) is 14.9 Å². The van der Waals surface area contributed by atoms with Crippen LogP contribution in [-0.4, -0.2) is 38.4 Å². The number of hydrogen-bond acceptors (Lipinski definition) is 4. The quantitative estimate of drug-likeness (QED) is 0.641. The second kappa shape index (κ2) is 6.60. The molecule has 1 amide bonds. The number of hydrogen-bond donors (Lipinski definition) is 0. The molecule has 7 nitrogen and oxygen atoms in total. The van der Waals surface area contributed by atoms with Crippen molar-refractivity contribution in [2.24, 2.45) is 0 Å². The van der Waals surface area contributed by atoms with Gasteiger partial charge in [-0.3, -0.25) is 9.36 Å². The van der Waals surface area contributed by atoms with Crippen molar-refractivity contribution in [3.05, 3.63) is 58.5 Å². The predicted octanol–water partition coefficient (Wildman–Crippen LogP) is 2.39. The molecule has 3 rings (SSSR count). The Labute approximate surface area is 133 Å². The van der Waals surface area contributed by atoms with E-state index >= 15 is 0 Å². The van der Waals surface area contributed by atoms with E-state index in [0.717, 1.165) is 37.9 Å². The van der Waals surface area contributed by atoms with Gasteiger partial charge in [0.05, 0.1) is 0 Å². The first kappa shape index (κ1) is 15.2. The molecule has 1 aromatic carbocycles. The molecule has 23 heavy (non-hydrogen) atoms. The van der Waals surface area contributed by atoms with Crippen molar-refractivity contribution in [1.82, 2.24) is 14.5 Å². The molecule has 0 aliphatic carbocycles. The van der Waals surface area contributed by atoms with Crippen molar-refractivity contribution in [2.45, 2.75) is 25.3 Å². The van der Waals surface area contributed by atoms with Crippen LogP contribution in [0.1, 0.15) is 30.9 Å². The summed E-state index contributed by atoms with van der Waals surface area (Å²) in [4.78, 5) is 28.9. The molecule has 1 aliphatic heterocycles. The Bertz CT molecular complexity index is 692. The van der Waals surface area contributed by atoms with Gasteiger partial charge in [0.25, 0.3) is 0 Å². The van der Waals surface area contributed by atoms with E-state index in [-0.39, 0.29) is 11.7 Å². The van der Waals surface area contributed by atoms with Crippen LogP contribution in [0.5, 0.6) is 0 Å². The van der Waals surface area contributed by atoms with Gasteiger partial charge in [0.1, 0.15) is 12.2 Å². The van der Waals surface area contributed by atoms with Crippen LogP contribution in [0.4, 0.5) is 5.82 Å². The molecule has 7 heteroatoms. The Kier molecular flexibility index (Phi) is 4.36. The van der Waals surface area contributed by atoms with Gasteiger partial charge in [0.2, 0.25) is 12.2 Å². The topological polar surface area (TPSA) is 81.3 Å². The monoisotopic (exact) mass is 314 g/mol. The fourth-order valence-electron chi connectivity index (χ4n) is 2.93. The highest BCUT2D eigenvalue weighted by molar-refractivity contribution is 5.83. The molecule has 1 fully saturated rings. The fraction of sp³-hybridized carbons (Fsp3) is 0.375. The van der Waals surface area contributed by atoms with Crippen molar-refractivity contribution < 1.29 is 9.72 Å². The van der Waals surface area contributed by atoms with E-state index in [1.165, 1.54) is 17.1 Å².